The van der Waals surface area contributed by atoms with Crippen LogP contribution in [0.4, 0.5) is 8.78 Å². The molecule has 2 aromatic carbocycles. The van der Waals surface area contributed by atoms with Crippen LogP contribution in [0.1, 0.15) is 16.2 Å². The third kappa shape index (κ3) is 2.79. The third-order valence-corrected chi connectivity index (χ3v) is 4.31. The van der Waals surface area contributed by atoms with Crippen LogP contribution in [-0.2, 0) is 13.1 Å². The predicted molar refractivity (Wildman–Crippen MR) is 88.9 cm³/mol. The molecule has 0 bridgehead atoms. The molecule has 0 N–H and O–H groups in total. The van der Waals surface area contributed by atoms with Crippen LogP contribution in [0.5, 0.6) is 0 Å². The molecule has 8 heteroatoms. The zero-order valence-corrected chi connectivity index (χ0v) is 13.6. The van der Waals surface area contributed by atoms with Crippen LogP contribution in [0.2, 0.25) is 0 Å². The van der Waals surface area contributed by atoms with Gasteiger partial charge in [0.25, 0.3) is 5.91 Å². The Morgan fingerprint density at radius 1 is 0.923 bits per heavy atom. The number of benzene rings is 2. The molecule has 1 amide bonds. The second kappa shape index (κ2) is 6.21. The van der Waals surface area contributed by atoms with Crippen molar-refractivity contribution >= 4 is 5.91 Å². The topological polar surface area (TPSA) is 60.1 Å². The second-order valence-corrected chi connectivity index (χ2v) is 5.97. The minimum atomic E-state index is -0.410. The Bertz CT molecular complexity index is 1020. The number of amides is 1. The molecule has 26 heavy (non-hydrogen) atoms. The van der Waals surface area contributed by atoms with E-state index in [1.807, 2.05) is 0 Å². The van der Waals surface area contributed by atoms with E-state index in [0.29, 0.717) is 30.2 Å². The molecule has 3 aromatic rings. The number of nitrogens with zero attached hydrogens (tertiary/aromatic N) is 4. The summed E-state index contributed by atoms with van der Waals surface area (Å²) in [5, 5.41) is 4.28. The molecule has 2 heterocycles. The smallest absolute Gasteiger partial charge is 0.329 e. The first-order valence-electron chi connectivity index (χ1n) is 8.02. The quantitative estimate of drug-likeness (QED) is 0.705. The van der Waals surface area contributed by atoms with Crippen molar-refractivity contribution in [2.45, 2.75) is 13.1 Å². The lowest BCUT2D eigenvalue weighted by Crippen LogP contribution is -2.40. The van der Waals surface area contributed by atoms with Crippen molar-refractivity contribution in [2.75, 3.05) is 6.54 Å². The van der Waals surface area contributed by atoms with Crippen molar-refractivity contribution in [1.82, 2.24) is 19.2 Å². The molecule has 0 aliphatic carbocycles. The maximum Gasteiger partial charge on any atom is 0.350 e. The lowest BCUT2D eigenvalue weighted by atomic mass is 10.2. The highest BCUT2D eigenvalue weighted by Gasteiger charge is 2.26. The molecule has 1 aliphatic rings. The van der Waals surface area contributed by atoms with Gasteiger partial charge in [-0.1, -0.05) is 0 Å². The summed E-state index contributed by atoms with van der Waals surface area (Å²) in [5.74, 6) is -0.616. The van der Waals surface area contributed by atoms with Crippen molar-refractivity contribution in [3.63, 3.8) is 0 Å². The molecule has 4 rings (SSSR count). The second-order valence-electron chi connectivity index (χ2n) is 5.97. The van der Waals surface area contributed by atoms with Crippen molar-refractivity contribution < 1.29 is 13.6 Å². The van der Waals surface area contributed by atoms with Gasteiger partial charge in [0.2, 0.25) is 0 Å². The average molecular weight is 356 g/mol. The van der Waals surface area contributed by atoms with Gasteiger partial charge in [0.05, 0.1) is 12.2 Å². The van der Waals surface area contributed by atoms with E-state index >= 15 is 0 Å². The summed E-state index contributed by atoms with van der Waals surface area (Å²) in [6, 6.07) is 10.8. The van der Waals surface area contributed by atoms with Crippen LogP contribution >= 0.6 is 0 Å². The monoisotopic (exact) mass is 356 g/mol. The maximum absolute atomic E-state index is 13.1. The Morgan fingerprint density at radius 2 is 1.54 bits per heavy atom. The molecule has 0 radical (unpaired) electrons. The number of hydrogen-bond donors (Lipinski definition) is 0. The third-order valence-electron chi connectivity index (χ3n) is 4.31. The van der Waals surface area contributed by atoms with Gasteiger partial charge < -0.3 is 4.90 Å². The van der Waals surface area contributed by atoms with E-state index in [1.54, 1.807) is 4.90 Å². The zero-order valence-electron chi connectivity index (χ0n) is 13.6. The summed E-state index contributed by atoms with van der Waals surface area (Å²) in [6.45, 7) is 0.820. The minimum Gasteiger partial charge on any atom is -0.329 e. The highest BCUT2D eigenvalue weighted by atomic mass is 19.1. The molecule has 132 valence electrons. The number of hydrogen-bond acceptors (Lipinski definition) is 3. The van der Waals surface area contributed by atoms with Gasteiger partial charge in [-0.15, -0.1) is 5.10 Å². The van der Waals surface area contributed by atoms with Gasteiger partial charge in [0.1, 0.15) is 11.6 Å². The number of fused-ring (bicyclic) bond motifs is 1. The molecule has 0 fully saturated rings. The van der Waals surface area contributed by atoms with Crippen LogP contribution in [0.25, 0.3) is 5.69 Å². The lowest BCUT2D eigenvalue weighted by Gasteiger charge is -2.26. The highest BCUT2D eigenvalue weighted by Crippen LogP contribution is 2.15. The Labute approximate surface area is 146 Å². The Kier molecular flexibility index (Phi) is 3.87. The van der Waals surface area contributed by atoms with E-state index in [4.69, 9.17) is 0 Å². The van der Waals surface area contributed by atoms with Crippen LogP contribution in [0.3, 0.4) is 0 Å². The summed E-state index contributed by atoms with van der Waals surface area (Å²) >= 11 is 0. The fraction of sp³-hybridized carbons (Fsp3) is 0.167. The molecule has 0 unspecified atom stereocenters. The van der Waals surface area contributed by atoms with Gasteiger partial charge in [-0.05, 0) is 48.5 Å². The fourth-order valence-corrected chi connectivity index (χ4v) is 2.95. The SMILES string of the molecule is O=C(c1ccc(F)cc1)N1CCn2c(nn(-c3ccc(F)cc3)c2=O)C1. The van der Waals surface area contributed by atoms with E-state index in [-0.39, 0.29) is 18.1 Å². The number of aromatic nitrogens is 3. The van der Waals surface area contributed by atoms with Crippen molar-refractivity contribution in [2.24, 2.45) is 0 Å². The minimum absolute atomic E-state index is 0.166. The standard InChI is InChI=1S/C18H14F2N4O2/c19-13-3-1-12(2-4-13)17(25)22-9-10-23-16(11-22)21-24(18(23)26)15-7-5-14(20)6-8-15/h1-8H,9-11H2. The van der Waals surface area contributed by atoms with Crippen LogP contribution in [-0.4, -0.2) is 31.7 Å². The predicted octanol–water partition coefficient (Wildman–Crippen LogP) is 1.97. The number of rotatable bonds is 2. The van der Waals surface area contributed by atoms with Gasteiger partial charge in [0.15, 0.2) is 5.82 Å². The highest BCUT2D eigenvalue weighted by molar-refractivity contribution is 5.94. The van der Waals surface area contributed by atoms with Gasteiger partial charge in [-0.2, -0.15) is 4.68 Å². The van der Waals surface area contributed by atoms with Gasteiger partial charge in [0, 0.05) is 18.7 Å². The summed E-state index contributed by atoms with van der Waals surface area (Å²) < 4.78 is 28.8. The van der Waals surface area contributed by atoms with Gasteiger partial charge in [-0.25, -0.2) is 13.6 Å². The fourth-order valence-electron chi connectivity index (χ4n) is 2.95. The number of halogens is 2. The summed E-state index contributed by atoms with van der Waals surface area (Å²) in [6.07, 6.45) is 0. The molecule has 0 spiro atoms. The van der Waals surface area contributed by atoms with Gasteiger partial charge in [-0.3, -0.25) is 9.36 Å². The first-order chi connectivity index (χ1) is 12.5. The molecular formula is C18H14F2N4O2. The lowest BCUT2D eigenvalue weighted by molar-refractivity contribution is 0.0706. The first-order valence-corrected chi connectivity index (χ1v) is 8.02. The van der Waals surface area contributed by atoms with Gasteiger partial charge >= 0.3 is 5.69 Å². The Balaban J connectivity index is 1.62. The van der Waals surface area contributed by atoms with Crippen LogP contribution < -0.4 is 5.69 Å². The maximum atomic E-state index is 13.1. The normalized spacial score (nSPS) is 13.5. The van der Waals surface area contributed by atoms with Crippen molar-refractivity contribution in [3.05, 3.63) is 82.0 Å². The summed E-state index contributed by atoms with van der Waals surface area (Å²) in [4.78, 5) is 26.6. The van der Waals surface area contributed by atoms with Crippen LogP contribution in [0.15, 0.2) is 53.3 Å². The number of carbonyl (C=O) groups is 1. The molecular weight excluding hydrogens is 342 g/mol. The molecule has 6 nitrogen and oxygen atoms in total. The number of carbonyl (C=O) groups excluding carboxylic acids is 1. The molecule has 0 saturated heterocycles. The summed E-state index contributed by atoms with van der Waals surface area (Å²) in [5.41, 5.74) is 0.496. The van der Waals surface area contributed by atoms with E-state index in [9.17, 15) is 18.4 Å². The summed E-state index contributed by atoms with van der Waals surface area (Å²) in [7, 11) is 0. The molecule has 1 aliphatic heterocycles. The first kappa shape index (κ1) is 16.2. The largest absolute Gasteiger partial charge is 0.350 e. The van der Waals surface area contributed by atoms with E-state index in [2.05, 4.69) is 5.10 Å². The Morgan fingerprint density at radius 3 is 2.19 bits per heavy atom. The van der Waals surface area contributed by atoms with Crippen molar-refractivity contribution in [3.8, 4) is 5.69 Å². The molecule has 0 atom stereocenters. The Hall–Kier alpha value is -3.29. The van der Waals surface area contributed by atoms with E-state index in [1.165, 1.54) is 57.8 Å². The van der Waals surface area contributed by atoms with E-state index in [0.717, 1.165) is 0 Å². The zero-order chi connectivity index (χ0) is 18.3. The average Bonchev–Trinajstić information content (AvgIpc) is 2.98. The molecule has 0 saturated carbocycles. The molecule has 1 aromatic heterocycles. The van der Waals surface area contributed by atoms with E-state index < -0.39 is 11.6 Å². The van der Waals surface area contributed by atoms with Crippen molar-refractivity contribution in [1.29, 1.82) is 0 Å². The van der Waals surface area contributed by atoms with Crippen LogP contribution in [0, 0.1) is 11.6 Å².